The number of nitrogens with one attached hydrogen (secondary N) is 2. The van der Waals surface area contributed by atoms with Crippen molar-refractivity contribution in [3.8, 4) is 0 Å². The van der Waals surface area contributed by atoms with Crippen LogP contribution in [-0.4, -0.2) is 35.6 Å². The van der Waals surface area contributed by atoms with Crippen molar-refractivity contribution in [1.82, 2.24) is 20.1 Å². The molecule has 0 bridgehead atoms. The first-order valence-corrected chi connectivity index (χ1v) is 10.8. The lowest BCUT2D eigenvalue weighted by molar-refractivity contribution is 0.0953. The Morgan fingerprint density at radius 1 is 1.17 bits per heavy atom. The molecule has 29 heavy (non-hydrogen) atoms. The smallest absolute Gasteiger partial charge is 0.261 e. The molecule has 10 heteroatoms. The fourth-order valence-corrected chi connectivity index (χ4v) is 3.98. The van der Waals surface area contributed by atoms with E-state index in [-0.39, 0.29) is 16.4 Å². The van der Waals surface area contributed by atoms with Crippen LogP contribution in [0.1, 0.15) is 23.1 Å². The van der Waals surface area contributed by atoms with Crippen molar-refractivity contribution >= 4 is 33.2 Å². The third-order valence-electron chi connectivity index (χ3n) is 4.15. The number of carbonyl (C=O) groups excluding carboxylic acids is 1. The van der Waals surface area contributed by atoms with Gasteiger partial charge in [0.1, 0.15) is 12.2 Å². The van der Waals surface area contributed by atoms with Gasteiger partial charge in [0.15, 0.2) is 0 Å². The Labute approximate surface area is 174 Å². The first-order chi connectivity index (χ1) is 13.9. The molecule has 1 aromatic heterocycles. The largest absolute Gasteiger partial charge is 0.352 e. The molecule has 0 saturated heterocycles. The summed E-state index contributed by atoms with van der Waals surface area (Å²) in [6.07, 6.45) is 2.16. The normalized spacial score (nSPS) is 11.2. The van der Waals surface area contributed by atoms with Crippen LogP contribution in [0.4, 0.5) is 5.69 Å². The maximum Gasteiger partial charge on any atom is 0.261 e. The zero-order valence-corrected chi connectivity index (χ0v) is 17.2. The van der Waals surface area contributed by atoms with E-state index in [1.165, 1.54) is 24.3 Å². The van der Waals surface area contributed by atoms with Crippen LogP contribution in [0.15, 0.2) is 59.8 Å². The van der Waals surface area contributed by atoms with Crippen molar-refractivity contribution in [2.75, 3.05) is 11.3 Å². The molecule has 2 aromatic carbocycles. The van der Waals surface area contributed by atoms with Gasteiger partial charge in [0.2, 0.25) is 0 Å². The summed E-state index contributed by atoms with van der Waals surface area (Å²) in [4.78, 5) is 12.4. The minimum atomic E-state index is -3.86. The Hall–Kier alpha value is -2.91. The molecule has 0 fully saturated rings. The molecule has 1 amide bonds. The second-order valence-electron chi connectivity index (χ2n) is 6.18. The molecule has 3 rings (SSSR count). The summed E-state index contributed by atoms with van der Waals surface area (Å²) in [6, 6.07) is 12.2. The van der Waals surface area contributed by atoms with Gasteiger partial charge in [0, 0.05) is 30.1 Å². The van der Waals surface area contributed by atoms with E-state index < -0.39 is 10.0 Å². The fraction of sp³-hybridized carbons (Fsp3) is 0.211. The molecule has 0 saturated carbocycles. The standard InChI is InChI=1S/C19H20ClN5O3S/c1-2-25-13-22-23-18(25)9-10-21-19(26)14-5-3-8-17(11-14)29(27,28)24-16-7-4-6-15(20)12-16/h3-8,11-13,24H,2,9-10H2,1H3,(H,21,26). The number of sulfonamides is 1. The van der Waals surface area contributed by atoms with Crippen LogP contribution in [-0.2, 0) is 23.0 Å². The van der Waals surface area contributed by atoms with Gasteiger partial charge < -0.3 is 9.88 Å². The van der Waals surface area contributed by atoms with Gasteiger partial charge in [-0.3, -0.25) is 9.52 Å². The van der Waals surface area contributed by atoms with Gasteiger partial charge in [-0.05, 0) is 43.3 Å². The second-order valence-corrected chi connectivity index (χ2v) is 8.30. The highest BCUT2D eigenvalue weighted by atomic mass is 35.5. The molecule has 3 aromatic rings. The molecule has 0 unspecified atom stereocenters. The average Bonchev–Trinajstić information content (AvgIpc) is 3.15. The molecular formula is C19H20ClN5O3S. The highest BCUT2D eigenvalue weighted by molar-refractivity contribution is 7.92. The Balaban J connectivity index is 1.67. The van der Waals surface area contributed by atoms with E-state index in [1.54, 1.807) is 30.6 Å². The molecule has 0 spiro atoms. The lowest BCUT2D eigenvalue weighted by atomic mass is 10.2. The number of rotatable bonds is 8. The molecular weight excluding hydrogens is 414 g/mol. The monoisotopic (exact) mass is 433 g/mol. The number of hydrogen-bond acceptors (Lipinski definition) is 5. The predicted molar refractivity (Wildman–Crippen MR) is 110 cm³/mol. The summed E-state index contributed by atoms with van der Waals surface area (Å²) in [7, 11) is -3.86. The Bertz CT molecular complexity index is 1110. The first-order valence-electron chi connectivity index (χ1n) is 8.92. The molecule has 0 aliphatic heterocycles. The number of anilines is 1. The lowest BCUT2D eigenvalue weighted by Crippen LogP contribution is -2.26. The predicted octanol–water partition coefficient (Wildman–Crippen LogP) is 2.72. The molecule has 8 nitrogen and oxygen atoms in total. The average molecular weight is 434 g/mol. The van der Waals surface area contributed by atoms with Crippen molar-refractivity contribution < 1.29 is 13.2 Å². The third kappa shape index (κ3) is 5.33. The number of carbonyl (C=O) groups is 1. The summed E-state index contributed by atoms with van der Waals surface area (Å²) in [5.74, 6) is 0.405. The SMILES string of the molecule is CCn1cnnc1CCNC(=O)c1cccc(S(=O)(=O)Nc2cccc(Cl)c2)c1. The van der Waals surface area contributed by atoms with E-state index in [9.17, 15) is 13.2 Å². The molecule has 0 atom stereocenters. The number of halogens is 1. The zero-order chi connectivity index (χ0) is 20.9. The number of hydrogen-bond donors (Lipinski definition) is 2. The van der Waals surface area contributed by atoms with Gasteiger partial charge in [-0.25, -0.2) is 8.42 Å². The fourth-order valence-electron chi connectivity index (χ4n) is 2.70. The molecule has 2 N–H and O–H groups in total. The number of nitrogens with zero attached hydrogens (tertiary/aromatic N) is 3. The summed E-state index contributed by atoms with van der Waals surface area (Å²) < 4.78 is 29.6. The third-order valence-corrected chi connectivity index (χ3v) is 5.77. The van der Waals surface area contributed by atoms with E-state index in [0.717, 1.165) is 12.4 Å². The van der Waals surface area contributed by atoms with Crippen molar-refractivity contribution in [1.29, 1.82) is 0 Å². The van der Waals surface area contributed by atoms with E-state index in [1.807, 2.05) is 11.5 Å². The van der Waals surface area contributed by atoms with Crippen molar-refractivity contribution in [3.05, 3.63) is 71.3 Å². The molecule has 0 aliphatic rings. The molecule has 152 valence electrons. The van der Waals surface area contributed by atoms with Crippen LogP contribution in [0.5, 0.6) is 0 Å². The maximum absolute atomic E-state index is 12.6. The van der Waals surface area contributed by atoms with Crippen molar-refractivity contribution in [2.24, 2.45) is 0 Å². The second kappa shape index (κ2) is 9.06. The van der Waals surface area contributed by atoms with E-state index >= 15 is 0 Å². The van der Waals surface area contributed by atoms with Gasteiger partial charge in [-0.15, -0.1) is 10.2 Å². The Morgan fingerprint density at radius 2 is 1.97 bits per heavy atom. The van der Waals surface area contributed by atoms with Crippen molar-refractivity contribution in [3.63, 3.8) is 0 Å². The summed E-state index contributed by atoms with van der Waals surface area (Å²) in [6.45, 7) is 3.08. The minimum Gasteiger partial charge on any atom is -0.352 e. The van der Waals surface area contributed by atoms with Crippen LogP contribution >= 0.6 is 11.6 Å². The van der Waals surface area contributed by atoms with Gasteiger partial charge in [-0.2, -0.15) is 0 Å². The number of benzene rings is 2. The van der Waals surface area contributed by atoms with Gasteiger partial charge in [-0.1, -0.05) is 23.7 Å². The summed E-state index contributed by atoms with van der Waals surface area (Å²) >= 11 is 5.89. The van der Waals surface area contributed by atoms with E-state index in [2.05, 4.69) is 20.2 Å². The Kier molecular flexibility index (Phi) is 6.50. The number of aromatic nitrogens is 3. The highest BCUT2D eigenvalue weighted by Gasteiger charge is 2.17. The van der Waals surface area contributed by atoms with Crippen LogP contribution in [0.2, 0.25) is 5.02 Å². The molecule has 0 aliphatic carbocycles. The topological polar surface area (TPSA) is 106 Å². The lowest BCUT2D eigenvalue weighted by Gasteiger charge is -2.10. The zero-order valence-electron chi connectivity index (χ0n) is 15.7. The summed E-state index contributed by atoms with van der Waals surface area (Å²) in [5, 5.41) is 11.0. The summed E-state index contributed by atoms with van der Waals surface area (Å²) in [5.41, 5.74) is 0.586. The highest BCUT2D eigenvalue weighted by Crippen LogP contribution is 2.20. The van der Waals surface area contributed by atoms with Gasteiger partial charge in [0.05, 0.1) is 10.6 Å². The number of amides is 1. The van der Waals surface area contributed by atoms with Crippen LogP contribution in [0, 0.1) is 0 Å². The van der Waals surface area contributed by atoms with E-state index in [0.29, 0.717) is 23.7 Å². The number of aryl methyl sites for hydroxylation is 1. The van der Waals surface area contributed by atoms with Gasteiger partial charge >= 0.3 is 0 Å². The van der Waals surface area contributed by atoms with Crippen LogP contribution in [0.25, 0.3) is 0 Å². The minimum absolute atomic E-state index is 0.0177. The van der Waals surface area contributed by atoms with Crippen LogP contribution < -0.4 is 10.0 Å². The molecule has 1 heterocycles. The van der Waals surface area contributed by atoms with Gasteiger partial charge in [0.25, 0.3) is 15.9 Å². The quantitative estimate of drug-likeness (QED) is 0.568. The van der Waals surface area contributed by atoms with Crippen molar-refractivity contribution in [2.45, 2.75) is 24.8 Å². The molecule has 0 radical (unpaired) electrons. The first kappa shape index (κ1) is 20.8. The maximum atomic E-state index is 12.6. The van der Waals surface area contributed by atoms with Crippen LogP contribution in [0.3, 0.4) is 0 Å². The van der Waals surface area contributed by atoms with E-state index in [4.69, 9.17) is 11.6 Å². The Morgan fingerprint density at radius 3 is 2.72 bits per heavy atom.